The minimum Gasteiger partial charge on any atom is -0.0654 e. The Morgan fingerprint density at radius 3 is 2.38 bits per heavy atom. The Hall–Kier alpha value is 0. The van der Waals surface area contributed by atoms with Crippen molar-refractivity contribution in [1.82, 2.24) is 0 Å². The van der Waals surface area contributed by atoms with Crippen molar-refractivity contribution in [1.29, 1.82) is 0 Å². The van der Waals surface area contributed by atoms with Gasteiger partial charge >= 0.3 is 0 Å². The van der Waals surface area contributed by atoms with Gasteiger partial charge in [-0.1, -0.05) is 33.1 Å². The molecule has 0 radical (unpaired) electrons. The van der Waals surface area contributed by atoms with Crippen LogP contribution in [0.3, 0.4) is 0 Å². The third kappa shape index (κ3) is 1.78. The molecule has 76 valence electrons. The standard InChI is InChI=1S/C13H24/c1-3-5-12-6-7-13(10-12)8-11(4-2)9-13/h11-12H,3-10H2,1-2H3. The molecule has 0 heteroatoms. The van der Waals surface area contributed by atoms with Gasteiger partial charge in [0.15, 0.2) is 0 Å². The third-order valence-electron chi connectivity index (χ3n) is 4.52. The van der Waals surface area contributed by atoms with Gasteiger partial charge in [-0.05, 0) is 49.4 Å². The molecule has 2 saturated carbocycles. The molecular formula is C13H24. The van der Waals surface area contributed by atoms with Crippen molar-refractivity contribution in [2.45, 2.75) is 65.2 Å². The molecule has 0 amide bonds. The van der Waals surface area contributed by atoms with Gasteiger partial charge in [-0.3, -0.25) is 0 Å². The van der Waals surface area contributed by atoms with Gasteiger partial charge in [0, 0.05) is 0 Å². The Kier molecular flexibility index (Phi) is 2.67. The monoisotopic (exact) mass is 180 g/mol. The van der Waals surface area contributed by atoms with E-state index in [1.54, 1.807) is 32.1 Å². The normalized spacial score (nSPS) is 43.8. The molecule has 2 aliphatic rings. The van der Waals surface area contributed by atoms with E-state index in [0.29, 0.717) is 0 Å². The molecule has 0 aliphatic heterocycles. The molecule has 0 nitrogen and oxygen atoms in total. The summed E-state index contributed by atoms with van der Waals surface area (Å²) < 4.78 is 0. The predicted molar refractivity (Wildman–Crippen MR) is 57.7 cm³/mol. The molecule has 1 atom stereocenters. The van der Waals surface area contributed by atoms with Crippen molar-refractivity contribution < 1.29 is 0 Å². The van der Waals surface area contributed by atoms with Crippen LogP contribution in [0.5, 0.6) is 0 Å². The van der Waals surface area contributed by atoms with E-state index in [2.05, 4.69) is 13.8 Å². The molecule has 13 heavy (non-hydrogen) atoms. The van der Waals surface area contributed by atoms with E-state index in [1.807, 2.05) is 0 Å². The van der Waals surface area contributed by atoms with Crippen LogP contribution in [0.2, 0.25) is 0 Å². The van der Waals surface area contributed by atoms with Gasteiger partial charge in [0.25, 0.3) is 0 Å². The lowest BCUT2D eigenvalue weighted by molar-refractivity contribution is 0.0547. The van der Waals surface area contributed by atoms with Crippen LogP contribution < -0.4 is 0 Å². The van der Waals surface area contributed by atoms with E-state index in [4.69, 9.17) is 0 Å². The highest BCUT2D eigenvalue weighted by molar-refractivity contribution is 4.98. The topological polar surface area (TPSA) is 0 Å². The first-order valence-electron chi connectivity index (χ1n) is 6.28. The Morgan fingerprint density at radius 1 is 1.08 bits per heavy atom. The Morgan fingerprint density at radius 2 is 1.77 bits per heavy atom. The van der Waals surface area contributed by atoms with Crippen LogP contribution in [0, 0.1) is 17.3 Å². The molecule has 2 rings (SSSR count). The van der Waals surface area contributed by atoms with E-state index in [1.165, 1.54) is 19.3 Å². The summed E-state index contributed by atoms with van der Waals surface area (Å²) >= 11 is 0. The molecule has 0 aromatic carbocycles. The van der Waals surface area contributed by atoms with Crippen LogP contribution in [-0.4, -0.2) is 0 Å². The van der Waals surface area contributed by atoms with Gasteiger partial charge in [0.1, 0.15) is 0 Å². The van der Waals surface area contributed by atoms with Gasteiger partial charge in [-0.25, -0.2) is 0 Å². The second kappa shape index (κ2) is 3.63. The maximum absolute atomic E-state index is 2.36. The summed E-state index contributed by atoms with van der Waals surface area (Å²) in [7, 11) is 0. The first-order valence-corrected chi connectivity index (χ1v) is 6.28. The maximum Gasteiger partial charge on any atom is -0.0289 e. The van der Waals surface area contributed by atoms with Crippen molar-refractivity contribution >= 4 is 0 Å². The van der Waals surface area contributed by atoms with Crippen LogP contribution in [0.15, 0.2) is 0 Å². The van der Waals surface area contributed by atoms with Crippen molar-refractivity contribution in [3.63, 3.8) is 0 Å². The van der Waals surface area contributed by atoms with E-state index < -0.39 is 0 Å². The molecule has 0 heterocycles. The summed E-state index contributed by atoms with van der Waals surface area (Å²) in [5.74, 6) is 2.20. The van der Waals surface area contributed by atoms with Crippen LogP contribution >= 0.6 is 0 Å². The van der Waals surface area contributed by atoms with Crippen LogP contribution in [0.25, 0.3) is 0 Å². The molecule has 0 saturated heterocycles. The van der Waals surface area contributed by atoms with E-state index in [-0.39, 0.29) is 0 Å². The fraction of sp³-hybridized carbons (Fsp3) is 1.00. The SMILES string of the molecule is CCCC1CCC2(C1)CC(CC)C2. The van der Waals surface area contributed by atoms with Gasteiger partial charge in [-0.2, -0.15) is 0 Å². The predicted octanol–water partition coefficient (Wildman–Crippen LogP) is 4.39. The minimum absolute atomic E-state index is 0.862. The second-order valence-electron chi connectivity index (χ2n) is 5.58. The van der Waals surface area contributed by atoms with Crippen molar-refractivity contribution in [2.24, 2.45) is 17.3 Å². The van der Waals surface area contributed by atoms with Crippen molar-refractivity contribution in [2.75, 3.05) is 0 Å². The molecule has 0 bridgehead atoms. The Labute approximate surface area is 83.1 Å². The molecule has 2 fully saturated rings. The minimum atomic E-state index is 0.862. The fourth-order valence-electron chi connectivity index (χ4n) is 3.81. The second-order valence-corrected chi connectivity index (χ2v) is 5.58. The summed E-state index contributed by atoms with van der Waals surface area (Å²) in [5.41, 5.74) is 0.862. The highest BCUT2D eigenvalue weighted by atomic mass is 14.5. The summed E-state index contributed by atoms with van der Waals surface area (Å²) in [5, 5.41) is 0. The quantitative estimate of drug-likeness (QED) is 0.604. The number of hydrogen-bond acceptors (Lipinski definition) is 0. The zero-order valence-corrected chi connectivity index (χ0v) is 9.31. The zero-order valence-electron chi connectivity index (χ0n) is 9.31. The highest BCUT2D eigenvalue weighted by Gasteiger charge is 2.47. The zero-order chi connectivity index (χ0) is 9.31. The Balaban J connectivity index is 1.79. The first kappa shape index (κ1) is 9.55. The molecule has 1 unspecified atom stereocenters. The average molecular weight is 180 g/mol. The molecule has 0 N–H and O–H groups in total. The fourth-order valence-corrected chi connectivity index (χ4v) is 3.81. The lowest BCUT2D eigenvalue weighted by Gasteiger charge is -2.45. The molecule has 2 aliphatic carbocycles. The van der Waals surface area contributed by atoms with Gasteiger partial charge < -0.3 is 0 Å². The smallest absolute Gasteiger partial charge is 0.0289 e. The summed E-state index contributed by atoms with van der Waals surface area (Å²) in [6.07, 6.45) is 12.2. The lowest BCUT2D eigenvalue weighted by Crippen LogP contribution is -2.34. The molecule has 0 aromatic rings. The van der Waals surface area contributed by atoms with Crippen molar-refractivity contribution in [3.05, 3.63) is 0 Å². The average Bonchev–Trinajstić information content (AvgIpc) is 2.46. The summed E-state index contributed by atoms with van der Waals surface area (Å²) in [6.45, 7) is 4.69. The van der Waals surface area contributed by atoms with Crippen LogP contribution in [0.4, 0.5) is 0 Å². The van der Waals surface area contributed by atoms with Gasteiger partial charge in [0.05, 0.1) is 0 Å². The van der Waals surface area contributed by atoms with E-state index in [0.717, 1.165) is 17.3 Å². The first-order chi connectivity index (χ1) is 6.28. The van der Waals surface area contributed by atoms with E-state index in [9.17, 15) is 0 Å². The maximum atomic E-state index is 2.36. The summed E-state index contributed by atoms with van der Waals surface area (Å²) in [6, 6.07) is 0. The summed E-state index contributed by atoms with van der Waals surface area (Å²) in [4.78, 5) is 0. The lowest BCUT2D eigenvalue weighted by atomic mass is 9.60. The molecule has 1 spiro atoms. The third-order valence-corrected chi connectivity index (χ3v) is 4.52. The van der Waals surface area contributed by atoms with Crippen molar-refractivity contribution in [3.8, 4) is 0 Å². The Bertz CT molecular complexity index is 165. The van der Waals surface area contributed by atoms with Gasteiger partial charge in [0.2, 0.25) is 0 Å². The van der Waals surface area contributed by atoms with Crippen LogP contribution in [0.1, 0.15) is 65.2 Å². The molecular weight excluding hydrogens is 156 g/mol. The van der Waals surface area contributed by atoms with Gasteiger partial charge in [-0.15, -0.1) is 0 Å². The van der Waals surface area contributed by atoms with Crippen LogP contribution in [-0.2, 0) is 0 Å². The van der Waals surface area contributed by atoms with E-state index >= 15 is 0 Å². The largest absolute Gasteiger partial charge is 0.0654 e. The highest BCUT2D eigenvalue weighted by Crippen LogP contribution is 2.59. The number of rotatable bonds is 3. The molecule has 0 aromatic heterocycles. The number of hydrogen-bond donors (Lipinski definition) is 0.